The summed E-state index contributed by atoms with van der Waals surface area (Å²) in [6, 6.07) is 6.23. The van der Waals surface area contributed by atoms with Crippen LogP contribution in [0.2, 0.25) is 19.6 Å². The molecule has 0 radical (unpaired) electrons. The van der Waals surface area contributed by atoms with Gasteiger partial charge in [0.15, 0.2) is 0 Å². The third-order valence-corrected chi connectivity index (χ3v) is 7.50. The van der Waals surface area contributed by atoms with Crippen molar-refractivity contribution in [1.82, 2.24) is 0 Å². The van der Waals surface area contributed by atoms with Gasteiger partial charge in [-0.25, -0.2) is 0 Å². The highest BCUT2D eigenvalue weighted by atomic mass is 35.5. The minimum Gasteiger partial charge on any atom is -0.0985 e. The van der Waals surface area contributed by atoms with Gasteiger partial charge in [-0.1, -0.05) is 102 Å². The maximum atomic E-state index is 6.32. The first kappa shape index (κ1) is 17.2. The quantitative estimate of drug-likeness (QED) is 0.538. The summed E-state index contributed by atoms with van der Waals surface area (Å²) in [5.74, 6) is -0.262. The lowest BCUT2D eigenvalue weighted by atomic mass is 9.99. The number of allylic oxidation sites excluding steroid dienone is 4. The zero-order valence-electron chi connectivity index (χ0n) is 12.1. The van der Waals surface area contributed by atoms with Crippen molar-refractivity contribution >= 4 is 65.7 Å². The second-order valence-corrected chi connectivity index (χ2v) is 12.7. The SMILES string of the molecule is C=Cc1ccc(C2C(Cl)=C(Cl)C(Cl)=C2Cl)cc1[Si](C)(C)C. The Morgan fingerprint density at radius 2 is 1.52 bits per heavy atom. The molecule has 21 heavy (non-hydrogen) atoms. The third-order valence-electron chi connectivity index (χ3n) is 3.56. The average molecular weight is 378 g/mol. The van der Waals surface area contributed by atoms with Gasteiger partial charge in [-0.3, -0.25) is 0 Å². The van der Waals surface area contributed by atoms with Crippen LogP contribution in [0.3, 0.4) is 0 Å². The molecule has 0 unspecified atom stereocenters. The first-order valence-electron chi connectivity index (χ1n) is 6.56. The van der Waals surface area contributed by atoms with Gasteiger partial charge >= 0.3 is 0 Å². The molecule has 2 rings (SSSR count). The Hall–Kier alpha value is -0.183. The molecule has 0 heterocycles. The van der Waals surface area contributed by atoms with Crippen molar-refractivity contribution in [3.8, 4) is 0 Å². The molecular formula is C16H16Cl4Si. The summed E-state index contributed by atoms with van der Waals surface area (Å²) in [4.78, 5) is 0. The van der Waals surface area contributed by atoms with Crippen molar-refractivity contribution in [3.05, 3.63) is 56.0 Å². The van der Waals surface area contributed by atoms with E-state index in [1.807, 2.05) is 12.1 Å². The van der Waals surface area contributed by atoms with Crippen LogP contribution in [0.15, 0.2) is 44.9 Å². The van der Waals surface area contributed by atoms with Crippen molar-refractivity contribution < 1.29 is 0 Å². The van der Waals surface area contributed by atoms with Crippen LogP contribution in [-0.2, 0) is 0 Å². The summed E-state index contributed by atoms with van der Waals surface area (Å²) < 4.78 is 0. The highest BCUT2D eigenvalue weighted by molar-refractivity contribution is 6.89. The van der Waals surface area contributed by atoms with Crippen LogP contribution in [0.25, 0.3) is 6.08 Å². The van der Waals surface area contributed by atoms with Gasteiger partial charge in [0.25, 0.3) is 0 Å². The fourth-order valence-electron chi connectivity index (χ4n) is 2.45. The molecule has 0 atom stereocenters. The lowest BCUT2D eigenvalue weighted by molar-refractivity contribution is 1.06. The molecule has 0 N–H and O–H groups in total. The maximum Gasteiger partial charge on any atom is 0.0783 e. The smallest absolute Gasteiger partial charge is 0.0783 e. The van der Waals surface area contributed by atoms with Crippen molar-refractivity contribution in [3.63, 3.8) is 0 Å². The normalized spacial score (nSPS) is 16.9. The molecule has 0 aliphatic heterocycles. The van der Waals surface area contributed by atoms with Crippen molar-refractivity contribution in [1.29, 1.82) is 0 Å². The Morgan fingerprint density at radius 3 is 1.95 bits per heavy atom. The van der Waals surface area contributed by atoms with Gasteiger partial charge in [0, 0.05) is 0 Å². The number of benzene rings is 1. The summed E-state index contributed by atoms with van der Waals surface area (Å²) in [6.07, 6.45) is 1.89. The van der Waals surface area contributed by atoms with E-state index in [2.05, 4.69) is 38.4 Å². The molecule has 0 fully saturated rings. The van der Waals surface area contributed by atoms with E-state index >= 15 is 0 Å². The Balaban J connectivity index is 2.60. The number of hydrogen-bond donors (Lipinski definition) is 0. The molecule has 0 nitrogen and oxygen atoms in total. The molecular weight excluding hydrogens is 362 g/mol. The first-order chi connectivity index (χ1) is 9.68. The van der Waals surface area contributed by atoms with E-state index in [0.717, 1.165) is 11.1 Å². The lowest BCUT2D eigenvalue weighted by Crippen LogP contribution is -2.39. The van der Waals surface area contributed by atoms with Crippen molar-refractivity contribution in [2.45, 2.75) is 25.6 Å². The average Bonchev–Trinajstić information content (AvgIpc) is 2.61. The van der Waals surface area contributed by atoms with Crippen LogP contribution < -0.4 is 5.19 Å². The zero-order valence-corrected chi connectivity index (χ0v) is 16.1. The van der Waals surface area contributed by atoms with E-state index in [4.69, 9.17) is 46.4 Å². The molecule has 1 aromatic rings. The van der Waals surface area contributed by atoms with Gasteiger partial charge in [0.2, 0.25) is 0 Å². The van der Waals surface area contributed by atoms with Gasteiger partial charge in [0.1, 0.15) is 0 Å². The maximum absolute atomic E-state index is 6.32. The van der Waals surface area contributed by atoms with E-state index in [0.29, 0.717) is 20.1 Å². The lowest BCUT2D eigenvalue weighted by Gasteiger charge is -2.22. The summed E-state index contributed by atoms with van der Waals surface area (Å²) >= 11 is 24.9. The zero-order chi connectivity index (χ0) is 15.9. The molecule has 0 aromatic heterocycles. The number of hydrogen-bond acceptors (Lipinski definition) is 0. The van der Waals surface area contributed by atoms with Gasteiger partial charge in [-0.15, -0.1) is 0 Å². The van der Waals surface area contributed by atoms with Crippen LogP contribution in [0.4, 0.5) is 0 Å². The van der Waals surface area contributed by atoms with Gasteiger partial charge in [-0.05, 0) is 11.1 Å². The van der Waals surface area contributed by atoms with Gasteiger partial charge < -0.3 is 0 Å². The Labute approximate surface area is 147 Å². The predicted molar refractivity (Wildman–Crippen MR) is 99.7 cm³/mol. The molecule has 0 saturated carbocycles. The van der Waals surface area contributed by atoms with E-state index < -0.39 is 8.07 Å². The van der Waals surface area contributed by atoms with E-state index in [1.165, 1.54) is 5.19 Å². The van der Waals surface area contributed by atoms with E-state index in [9.17, 15) is 0 Å². The Kier molecular flexibility index (Phi) is 5.02. The molecule has 1 aliphatic carbocycles. The van der Waals surface area contributed by atoms with E-state index in [1.54, 1.807) is 0 Å². The van der Waals surface area contributed by atoms with E-state index in [-0.39, 0.29) is 5.92 Å². The highest BCUT2D eigenvalue weighted by Crippen LogP contribution is 2.50. The molecule has 0 spiro atoms. The van der Waals surface area contributed by atoms with Crippen LogP contribution in [0.5, 0.6) is 0 Å². The Bertz CT molecular complexity index is 641. The minimum absolute atomic E-state index is 0.262. The standard InChI is InChI=1S/C16H16Cl4Si/c1-5-9-6-7-10(8-11(9)21(2,3)4)12-13(17)15(19)16(20)14(12)18/h5-8,12H,1H2,2-4H3. The number of rotatable bonds is 3. The molecule has 5 heteroatoms. The van der Waals surface area contributed by atoms with Gasteiger partial charge in [0.05, 0.1) is 34.1 Å². The molecule has 1 aromatic carbocycles. The van der Waals surface area contributed by atoms with Gasteiger partial charge in [-0.2, -0.15) is 0 Å². The highest BCUT2D eigenvalue weighted by Gasteiger charge is 2.33. The minimum atomic E-state index is -1.51. The monoisotopic (exact) mass is 376 g/mol. The molecule has 0 amide bonds. The van der Waals surface area contributed by atoms with Crippen molar-refractivity contribution in [2.24, 2.45) is 0 Å². The fraction of sp³-hybridized carbons (Fsp3) is 0.250. The van der Waals surface area contributed by atoms with Crippen molar-refractivity contribution in [2.75, 3.05) is 0 Å². The molecule has 1 aliphatic rings. The van der Waals surface area contributed by atoms with Crippen LogP contribution >= 0.6 is 46.4 Å². The topological polar surface area (TPSA) is 0 Å². The summed E-state index contributed by atoms with van der Waals surface area (Å²) in [5.41, 5.74) is 2.18. The first-order valence-corrected chi connectivity index (χ1v) is 11.6. The fourth-order valence-corrected chi connectivity index (χ4v) is 5.33. The summed E-state index contributed by atoms with van der Waals surface area (Å²) in [7, 11) is -1.51. The summed E-state index contributed by atoms with van der Waals surface area (Å²) in [6.45, 7) is 10.8. The van der Waals surface area contributed by atoms with Crippen LogP contribution in [0, 0.1) is 0 Å². The second kappa shape index (κ2) is 6.14. The number of halogens is 4. The molecule has 112 valence electrons. The van der Waals surface area contributed by atoms with Crippen LogP contribution in [0.1, 0.15) is 17.0 Å². The second-order valence-electron chi connectivity index (χ2n) is 6.06. The molecule has 0 bridgehead atoms. The summed E-state index contributed by atoms with van der Waals surface area (Å²) in [5, 5.41) is 2.98. The third kappa shape index (κ3) is 3.13. The van der Waals surface area contributed by atoms with Crippen LogP contribution in [-0.4, -0.2) is 8.07 Å². The Morgan fingerprint density at radius 1 is 1.00 bits per heavy atom. The molecule has 0 saturated heterocycles. The largest absolute Gasteiger partial charge is 0.0985 e. The predicted octanol–water partition coefficient (Wildman–Crippen LogP) is 6.35.